The second-order valence-corrected chi connectivity index (χ2v) is 7.14. The SMILES string of the molecule is Cc1ccccc1S(=O)(=O)[O-].Cc1ccccc1S(=O)(=O)[O-].[Sn+2]. The van der Waals surface area contributed by atoms with Gasteiger partial charge in [-0.05, 0) is 37.1 Å². The molecule has 0 aliphatic carbocycles. The zero-order chi connectivity index (χ0) is 17.0. The molecule has 0 aromatic heterocycles. The zero-order valence-corrected chi connectivity index (χ0v) is 16.9. The van der Waals surface area contributed by atoms with Crippen molar-refractivity contribution in [2.24, 2.45) is 0 Å². The minimum absolute atomic E-state index is 0. The number of hydrogen-bond donors (Lipinski definition) is 0. The van der Waals surface area contributed by atoms with Crippen LogP contribution in [-0.4, -0.2) is 49.8 Å². The number of aryl methyl sites for hydroxylation is 2. The molecule has 2 rings (SSSR count). The van der Waals surface area contributed by atoms with Gasteiger partial charge in [0.25, 0.3) is 0 Å². The molecule has 0 aliphatic heterocycles. The molecule has 0 atom stereocenters. The molecule has 23 heavy (non-hydrogen) atoms. The Morgan fingerprint density at radius 3 is 1.09 bits per heavy atom. The summed E-state index contributed by atoms with van der Waals surface area (Å²) in [5.41, 5.74) is 0.977. The number of benzene rings is 2. The molecule has 6 nitrogen and oxygen atoms in total. The molecule has 0 saturated heterocycles. The maximum atomic E-state index is 10.5. The maximum absolute atomic E-state index is 10.5. The van der Waals surface area contributed by atoms with Gasteiger partial charge in [-0.1, -0.05) is 36.4 Å². The summed E-state index contributed by atoms with van der Waals surface area (Å²) in [6, 6.07) is 12.2. The van der Waals surface area contributed by atoms with E-state index in [-0.39, 0.29) is 33.7 Å². The van der Waals surface area contributed by atoms with Crippen LogP contribution >= 0.6 is 0 Å². The fourth-order valence-electron chi connectivity index (χ4n) is 1.67. The van der Waals surface area contributed by atoms with Crippen molar-refractivity contribution in [1.29, 1.82) is 0 Å². The Morgan fingerprint density at radius 2 is 0.913 bits per heavy atom. The molecule has 122 valence electrons. The zero-order valence-electron chi connectivity index (χ0n) is 12.4. The number of hydrogen-bond acceptors (Lipinski definition) is 6. The fourth-order valence-corrected chi connectivity index (χ4v) is 3.09. The molecule has 9 heteroatoms. The second kappa shape index (κ2) is 8.78. The van der Waals surface area contributed by atoms with Gasteiger partial charge in [-0.25, -0.2) is 16.8 Å². The molecule has 2 radical (unpaired) electrons. The summed E-state index contributed by atoms with van der Waals surface area (Å²) in [6.07, 6.45) is 0. The average Bonchev–Trinajstić information content (AvgIpc) is 2.37. The van der Waals surface area contributed by atoms with Crippen LogP contribution in [0.5, 0.6) is 0 Å². The monoisotopic (exact) mass is 462 g/mol. The largest absolute Gasteiger partial charge is 2.00 e. The van der Waals surface area contributed by atoms with E-state index in [1.807, 2.05) is 0 Å². The average molecular weight is 461 g/mol. The van der Waals surface area contributed by atoms with Crippen molar-refractivity contribution in [1.82, 2.24) is 0 Å². The van der Waals surface area contributed by atoms with Crippen LogP contribution < -0.4 is 0 Å². The first-order valence-electron chi connectivity index (χ1n) is 6.06. The minimum Gasteiger partial charge on any atom is -0.744 e. The van der Waals surface area contributed by atoms with Crippen molar-refractivity contribution in [3.05, 3.63) is 59.7 Å². The van der Waals surface area contributed by atoms with Gasteiger partial charge >= 0.3 is 23.9 Å². The van der Waals surface area contributed by atoms with Crippen LogP contribution in [0.25, 0.3) is 0 Å². The van der Waals surface area contributed by atoms with Crippen LogP contribution in [0.1, 0.15) is 11.1 Å². The predicted molar refractivity (Wildman–Crippen MR) is 84.0 cm³/mol. The molecule has 0 saturated carbocycles. The third-order valence-electron chi connectivity index (χ3n) is 2.73. The van der Waals surface area contributed by atoms with Crippen LogP contribution in [-0.2, 0) is 20.2 Å². The van der Waals surface area contributed by atoms with Crippen LogP contribution in [0.4, 0.5) is 0 Å². The molecule has 0 fully saturated rings. The van der Waals surface area contributed by atoms with Gasteiger partial charge in [-0.3, -0.25) is 0 Å². The first-order valence-corrected chi connectivity index (χ1v) is 8.88. The Labute approximate surface area is 153 Å². The summed E-state index contributed by atoms with van der Waals surface area (Å²) in [4.78, 5) is -0.278. The Balaban J connectivity index is 0.000000403. The standard InChI is InChI=1S/2C7H8O3S.Sn/c2*1-6-4-2-3-5-7(6)11(8,9)10;/h2*2-5H,1H3,(H,8,9,10);/q;;+2/p-2. The van der Waals surface area contributed by atoms with E-state index in [2.05, 4.69) is 0 Å². The normalized spacial score (nSPS) is 11.0. The van der Waals surface area contributed by atoms with Gasteiger partial charge in [0.05, 0.1) is 9.79 Å². The molecule has 0 amide bonds. The van der Waals surface area contributed by atoms with Crippen LogP contribution in [0, 0.1) is 13.8 Å². The van der Waals surface area contributed by atoms with Gasteiger partial charge in [0, 0.05) is 0 Å². The summed E-state index contributed by atoms with van der Waals surface area (Å²) in [6.45, 7) is 3.18. The van der Waals surface area contributed by atoms with Crippen molar-refractivity contribution in [2.45, 2.75) is 23.6 Å². The quantitative estimate of drug-likeness (QED) is 0.494. The van der Waals surface area contributed by atoms with E-state index in [4.69, 9.17) is 0 Å². The van der Waals surface area contributed by atoms with E-state index in [1.165, 1.54) is 24.3 Å². The minimum atomic E-state index is -4.28. The summed E-state index contributed by atoms with van der Waals surface area (Å²) in [5, 5.41) is 0. The Kier molecular flexibility index (Phi) is 8.42. The van der Waals surface area contributed by atoms with Crippen molar-refractivity contribution in [3.63, 3.8) is 0 Å². The third kappa shape index (κ3) is 7.00. The summed E-state index contributed by atoms with van der Waals surface area (Å²) < 4.78 is 63.0. The smallest absolute Gasteiger partial charge is 0.744 e. The molecule has 0 spiro atoms. The van der Waals surface area contributed by atoms with Crippen molar-refractivity contribution in [3.8, 4) is 0 Å². The van der Waals surface area contributed by atoms with E-state index in [0.29, 0.717) is 11.1 Å². The topological polar surface area (TPSA) is 114 Å². The van der Waals surface area contributed by atoms with Crippen molar-refractivity contribution in [2.75, 3.05) is 0 Å². The van der Waals surface area contributed by atoms with Crippen LogP contribution in [0.15, 0.2) is 58.3 Å². The Hall–Kier alpha value is -0.941. The van der Waals surface area contributed by atoms with Crippen molar-refractivity contribution >= 4 is 44.1 Å². The van der Waals surface area contributed by atoms with Gasteiger partial charge in [-0.2, -0.15) is 0 Å². The number of rotatable bonds is 2. The molecule has 0 N–H and O–H groups in total. The Morgan fingerprint density at radius 1 is 0.652 bits per heavy atom. The molecule has 0 heterocycles. The van der Waals surface area contributed by atoms with E-state index < -0.39 is 20.2 Å². The molecule has 0 aliphatic rings. The van der Waals surface area contributed by atoms with E-state index in [1.54, 1.807) is 38.1 Å². The van der Waals surface area contributed by atoms with E-state index >= 15 is 0 Å². The van der Waals surface area contributed by atoms with E-state index in [9.17, 15) is 25.9 Å². The fraction of sp³-hybridized carbons (Fsp3) is 0.143. The Bertz CT molecular complexity index is 787. The summed E-state index contributed by atoms with van der Waals surface area (Å²) >= 11 is 0. The van der Waals surface area contributed by atoms with Crippen LogP contribution in [0.2, 0.25) is 0 Å². The molecule has 2 aromatic rings. The van der Waals surface area contributed by atoms with Crippen LogP contribution in [0.3, 0.4) is 0 Å². The van der Waals surface area contributed by atoms with Gasteiger partial charge in [0.1, 0.15) is 20.2 Å². The van der Waals surface area contributed by atoms with Crippen molar-refractivity contribution < 1.29 is 25.9 Å². The molecule has 0 unspecified atom stereocenters. The molecular formula is C14H14O6S2Sn. The first kappa shape index (κ1) is 22.1. The summed E-state index contributed by atoms with van der Waals surface area (Å²) in [7, 11) is -8.57. The molecular weight excluding hydrogens is 447 g/mol. The maximum Gasteiger partial charge on any atom is 2.00 e. The molecule has 2 aromatic carbocycles. The predicted octanol–water partition coefficient (Wildman–Crippen LogP) is 1.42. The first-order chi connectivity index (χ1) is 10.0. The third-order valence-corrected chi connectivity index (χ3v) is 4.72. The van der Waals surface area contributed by atoms with Gasteiger partial charge in [0.15, 0.2) is 0 Å². The van der Waals surface area contributed by atoms with Gasteiger partial charge < -0.3 is 9.11 Å². The molecule has 0 bridgehead atoms. The summed E-state index contributed by atoms with van der Waals surface area (Å²) in [5.74, 6) is 0. The van der Waals surface area contributed by atoms with E-state index in [0.717, 1.165) is 0 Å². The van der Waals surface area contributed by atoms with Gasteiger partial charge in [-0.15, -0.1) is 0 Å². The van der Waals surface area contributed by atoms with Gasteiger partial charge in [0.2, 0.25) is 0 Å². The second-order valence-electron chi connectivity index (χ2n) is 4.44.